The normalized spacial score (nSPS) is 28.9. The lowest BCUT2D eigenvalue weighted by Gasteiger charge is -2.19. The van der Waals surface area contributed by atoms with E-state index in [4.69, 9.17) is 9.47 Å². The van der Waals surface area contributed by atoms with Crippen LogP contribution in [-0.4, -0.2) is 66.3 Å². The lowest BCUT2D eigenvalue weighted by atomic mass is 10.0. The number of hydrogen-bond donors (Lipinski definition) is 3. The minimum atomic E-state index is -1.23. The number of methoxy groups -OCH3 is 1. The first-order chi connectivity index (χ1) is 10.2. The quantitative estimate of drug-likeness (QED) is 0.658. The Kier molecular flexibility index (Phi) is 5.12. The van der Waals surface area contributed by atoms with E-state index in [9.17, 15) is 14.7 Å². The molecule has 0 radical (unpaired) electrons. The van der Waals surface area contributed by atoms with Gasteiger partial charge in [-0.3, -0.25) is 9.78 Å². The zero-order valence-electron chi connectivity index (χ0n) is 13.0. The van der Waals surface area contributed by atoms with Crippen LogP contribution in [0.3, 0.4) is 0 Å². The minimum Gasteiger partial charge on any atom is -0.388 e. The van der Waals surface area contributed by atoms with Crippen molar-refractivity contribution in [2.75, 3.05) is 26.6 Å². The fourth-order valence-corrected chi connectivity index (χ4v) is 3.55. The highest BCUT2D eigenvalue weighted by Gasteiger charge is 2.45. The molecule has 1 aliphatic heterocycles. The van der Waals surface area contributed by atoms with Gasteiger partial charge < -0.3 is 19.6 Å². The van der Waals surface area contributed by atoms with Gasteiger partial charge in [0.25, 0.3) is 5.56 Å². The van der Waals surface area contributed by atoms with E-state index >= 15 is 0 Å². The average molecular weight is 330 g/mol. The van der Waals surface area contributed by atoms with Gasteiger partial charge in [0, 0.05) is 13.3 Å². The molecule has 0 spiro atoms. The van der Waals surface area contributed by atoms with Crippen LogP contribution in [0.2, 0.25) is 0 Å². The maximum Gasteiger partial charge on any atom is 0.325 e. The fourth-order valence-electron chi connectivity index (χ4n) is 2.60. The number of H-pyrrole nitrogens is 2. The third-order valence-corrected chi connectivity index (χ3v) is 5.25. The maximum absolute atomic E-state index is 11.9. The highest BCUT2D eigenvalue weighted by atomic mass is 31.2. The molecule has 4 atom stereocenters. The predicted octanol–water partition coefficient (Wildman–Crippen LogP) is -0.0217. The molecule has 1 aliphatic rings. The van der Waals surface area contributed by atoms with E-state index in [1.54, 1.807) is 0 Å². The van der Waals surface area contributed by atoms with Crippen molar-refractivity contribution in [3.05, 3.63) is 32.6 Å². The Balaban J connectivity index is 2.23. The molecule has 0 aromatic carbocycles. The van der Waals surface area contributed by atoms with Crippen molar-refractivity contribution in [3.8, 4) is 0 Å². The summed E-state index contributed by atoms with van der Waals surface area (Å²) in [5, 5.41) is 10.4. The number of ether oxygens (including phenoxy) is 2. The molecule has 0 aliphatic carbocycles. The SMILES string of the molecule is C=P(C)(C)CC[C@H]1OC(c2c[nH]c(=O)[nH]c2=O)[C@H](OC)[C@@H]1O. The molecule has 22 heavy (non-hydrogen) atoms. The second-order valence-corrected chi connectivity index (χ2v) is 10.6. The van der Waals surface area contributed by atoms with Crippen LogP contribution >= 0.6 is 6.89 Å². The Morgan fingerprint density at radius 1 is 1.45 bits per heavy atom. The summed E-state index contributed by atoms with van der Waals surface area (Å²) in [6, 6.07) is 0. The van der Waals surface area contributed by atoms with Crippen molar-refractivity contribution in [2.24, 2.45) is 0 Å². The van der Waals surface area contributed by atoms with E-state index in [1.165, 1.54) is 13.3 Å². The van der Waals surface area contributed by atoms with Gasteiger partial charge in [0.2, 0.25) is 0 Å². The zero-order chi connectivity index (χ0) is 16.5. The predicted molar refractivity (Wildman–Crippen MR) is 87.5 cm³/mol. The van der Waals surface area contributed by atoms with Gasteiger partial charge in [-0.2, -0.15) is 0 Å². The third-order valence-electron chi connectivity index (χ3n) is 3.78. The molecule has 1 aromatic heterocycles. The fraction of sp³-hybridized carbons (Fsp3) is 0.643. The summed E-state index contributed by atoms with van der Waals surface area (Å²) in [7, 11) is 1.46. The molecule has 7 nitrogen and oxygen atoms in total. The second-order valence-electron chi connectivity index (χ2n) is 6.26. The van der Waals surface area contributed by atoms with Gasteiger partial charge in [0.1, 0.15) is 18.3 Å². The van der Waals surface area contributed by atoms with Crippen molar-refractivity contribution in [2.45, 2.75) is 30.8 Å². The summed E-state index contributed by atoms with van der Waals surface area (Å²) in [5.41, 5.74) is -0.869. The van der Waals surface area contributed by atoms with Crippen LogP contribution in [-0.2, 0) is 9.47 Å². The smallest absolute Gasteiger partial charge is 0.325 e. The third kappa shape index (κ3) is 3.79. The molecule has 2 heterocycles. The molecule has 124 valence electrons. The number of aliphatic hydroxyl groups excluding tert-OH is 1. The molecular formula is C14H23N2O5P. The van der Waals surface area contributed by atoms with Crippen molar-refractivity contribution in [3.63, 3.8) is 0 Å². The van der Waals surface area contributed by atoms with Crippen molar-refractivity contribution in [1.82, 2.24) is 9.97 Å². The monoisotopic (exact) mass is 330 g/mol. The van der Waals surface area contributed by atoms with E-state index in [-0.39, 0.29) is 5.56 Å². The lowest BCUT2D eigenvalue weighted by molar-refractivity contribution is -0.0128. The Labute approximate surface area is 128 Å². The van der Waals surface area contributed by atoms with Gasteiger partial charge in [-0.25, -0.2) is 4.79 Å². The average Bonchev–Trinajstić information content (AvgIpc) is 2.72. The van der Waals surface area contributed by atoms with Crippen molar-refractivity contribution >= 4 is 13.2 Å². The molecule has 1 unspecified atom stereocenters. The van der Waals surface area contributed by atoms with E-state index in [1.807, 2.05) is 0 Å². The summed E-state index contributed by atoms with van der Waals surface area (Å²) >= 11 is 0. The summed E-state index contributed by atoms with van der Waals surface area (Å²) in [6.45, 7) is 3.01. The Bertz CT molecular complexity index is 676. The van der Waals surface area contributed by atoms with Gasteiger partial charge in [-0.1, -0.05) is 0 Å². The van der Waals surface area contributed by atoms with Crippen molar-refractivity contribution in [1.29, 1.82) is 0 Å². The summed E-state index contributed by atoms with van der Waals surface area (Å²) < 4.78 is 11.2. The topological polar surface area (TPSA) is 104 Å². The number of aliphatic hydroxyl groups is 1. The molecular weight excluding hydrogens is 307 g/mol. The van der Waals surface area contributed by atoms with Crippen LogP contribution in [0.25, 0.3) is 0 Å². The van der Waals surface area contributed by atoms with Crippen LogP contribution in [0.1, 0.15) is 18.1 Å². The number of aromatic amines is 2. The minimum absolute atomic E-state index is 0.247. The molecule has 3 N–H and O–H groups in total. The number of aromatic nitrogens is 2. The number of hydrogen-bond acceptors (Lipinski definition) is 5. The van der Waals surface area contributed by atoms with Crippen LogP contribution in [0.15, 0.2) is 15.8 Å². The van der Waals surface area contributed by atoms with Gasteiger partial charge in [0.15, 0.2) is 0 Å². The van der Waals surface area contributed by atoms with E-state index in [0.29, 0.717) is 6.42 Å². The van der Waals surface area contributed by atoms with Crippen LogP contribution in [0.4, 0.5) is 0 Å². The Morgan fingerprint density at radius 3 is 2.68 bits per heavy atom. The lowest BCUT2D eigenvalue weighted by Crippen LogP contribution is -2.34. The highest BCUT2D eigenvalue weighted by Crippen LogP contribution is 2.40. The second kappa shape index (κ2) is 6.54. The van der Waals surface area contributed by atoms with Gasteiger partial charge in [0.05, 0.1) is 11.7 Å². The standard InChI is InChI=1S/C14H23N2O5P/c1-20-12-10(17)9(5-6-22(2,3)4)21-11(12)8-7-15-14(19)16-13(8)18/h7,9-12,17H,2,5-6H2,1,3-4H3,(H2,15,16,18,19)/t9-,10-,11?,12-/m1/s1. The first kappa shape index (κ1) is 17.2. The van der Waals surface area contributed by atoms with Gasteiger partial charge in [-0.05, 0) is 25.9 Å². The summed E-state index contributed by atoms with van der Waals surface area (Å²) in [4.78, 5) is 27.6. The van der Waals surface area contributed by atoms with Crippen LogP contribution in [0, 0.1) is 0 Å². The number of nitrogens with one attached hydrogen (secondary N) is 2. The molecule has 1 aromatic rings. The number of rotatable bonds is 5. The summed E-state index contributed by atoms with van der Waals surface area (Å²) in [6.07, 6.45) is 4.38. The molecule has 1 saturated heterocycles. The molecule has 1 fully saturated rings. The van der Waals surface area contributed by atoms with Gasteiger partial charge >= 0.3 is 5.69 Å². The van der Waals surface area contributed by atoms with E-state index in [0.717, 1.165) is 6.16 Å². The van der Waals surface area contributed by atoms with Gasteiger partial charge in [-0.15, -0.1) is 13.2 Å². The molecule has 0 saturated carbocycles. The summed E-state index contributed by atoms with van der Waals surface area (Å²) in [5.74, 6) is 0. The largest absolute Gasteiger partial charge is 0.388 e. The molecule has 2 rings (SSSR count). The zero-order valence-corrected chi connectivity index (χ0v) is 13.9. The van der Waals surface area contributed by atoms with Crippen molar-refractivity contribution < 1.29 is 14.6 Å². The maximum atomic E-state index is 11.9. The molecule has 8 heteroatoms. The van der Waals surface area contributed by atoms with E-state index in [2.05, 4.69) is 29.6 Å². The molecule has 0 amide bonds. The van der Waals surface area contributed by atoms with Crippen LogP contribution in [0.5, 0.6) is 0 Å². The Morgan fingerprint density at radius 2 is 2.14 bits per heavy atom. The first-order valence-electron chi connectivity index (χ1n) is 7.08. The first-order valence-corrected chi connectivity index (χ1v) is 10.1. The van der Waals surface area contributed by atoms with E-state index < -0.39 is 42.6 Å². The highest BCUT2D eigenvalue weighted by molar-refractivity contribution is 7.72. The molecule has 0 bridgehead atoms. The van der Waals surface area contributed by atoms with Crippen LogP contribution < -0.4 is 11.2 Å². The Hall–Kier alpha value is -1.14.